The van der Waals surface area contributed by atoms with Crippen molar-refractivity contribution in [1.29, 1.82) is 10.5 Å². The highest BCUT2D eigenvalue weighted by molar-refractivity contribution is 5.66. The molecule has 1 N–H and O–H groups in total. The van der Waals surface area contributed by atoms with Gasteiger partial charge >= 0.3 is 5.97 Å². The number of anilines is 1. The zero-order valence-corrected chi connectivity index (χ0v) is 13.9. The van der Waals surface area contributed by atoms with Crippen molar-refractivity contribution in [2.75, 3.05) is 18.0 Å². The topological polar surface area (TPSA) is 88.1 Å². The van der Waals surface area contributed by atoms with E-state index in [4.69, 9.17) is 15.6 Å². The van der Waals surface area contributed by atoms with Crippen LogP contribution in [0.4, 0.5) is 5.69 Å². The van der Waals surface area contributed by atoms with Crippen molar-refractivity contribution in [2.24, 2.45) is 0 Å². The van der Waals surface area contributed by atoms with Gasteiger partial charge in [-0.05, 0) is 48.7 Å². The molecule has 0 atom stereocenters. The monoisotopic (exact) mass is 333 g/mol. The second-order valence-corrected chi connectivity index (χ2v) is 5.71. The van der Waals surface area contributed by atoms with Crippen LogP contribution >= 0.6 is 0 Å². The summed E-state index contributed by atoms with van der Waals surface area (Å²) in [4.78, 5) is 12.9. The van der Waals surface area contributed by atoms with Crippen LogP contribution in [0, 0.1) is 22.7 Å². The van der Waals surface area contributed by atoms with Crippen molar-refractivity contribution in [2.45, 2.75) is 19.3 Å². The lowest BCUT2D eigenvalue weighted by Crippen LogP contribution is -2.27. The summed E-state index contributed by atoms with van der Waals surface area (Å²) >= 11 is 0. The van der Waals surface area contributed by atoms with Gasteiger partial charge in [0, 0.05) is 25.2 Å². The van der Waals surface area contributed by atoms with Gasteiger partial charge in [0.25, 0.3) is 0 Å². The number of benzene rings is 2. The van der Waals surface area contributed by atoms with Gasteiger partial charge in [-0.3, -0.25) is 4.79 Å². The molecule has 0 radical (unpaired) electrons. The molecule has 2 aromatic carbocycles. The standard InChI is InChI=1S/C20H19N3O2/c21-14-17-8-6-16(7-9-17)10-12-23(11-2-5-20(24)25)19-4-1-3-18(13-19)15-22/h1,3-4,6-9,13H,2,5,10-12H2,(H,24,25). The first-order chi connectivity index (χ1) is 12.1. The third-order valence-electron chi connectivity index (χ3n) is 3.91. The quantitative estimate of drug-likeness (QED) is 0.800. The highest BCUT2D eigenvalue weighted by atomic mass is 16.4. The number of aliphatic carboxylic acids is 1. The number of carboxylic acids is 1. The molecule has 0 saturated carbocycles. The molecule has 0 aliphatic heterocycles. The first-order valence-electron chi connectivity index (χ1n) is 8.08. The largest absolute Gasteiger partial charge is 0.481 e. The summed E-state index contributed by atoms with van der Waals surface area (Å²) in [5.41, 5.74) is 3.24. The Kier molecular flexibility index (Phi) is 6.56. The third-order valence-corrected chi connectivity index (χ3v) is 3.91. The van der Waals surface area contributed by atoms with E-state index < -0.39 is 5.97 Å². The fourth-order valence-corrected chi connectivity index (χ4v) is 2.57. The van der Waals surface area contributed by atoms with E-state index in [1.54, 1.807) is 18.2 Å². The van der Waals surface area contributed by atoms with Gasteiger partial charge in [0.15, 0.2) is 0 Å². The van der Waals surface area contributed by atoms with E-state index in [-0.39, 0.29) is 6.42 Å². The molecule has 0 fully saturated rings. The molecule has 0 aromatic heterocycles. The van der Waals surface area contributed by atoms with Gasteiger partial charge in [-0.15, -0.1) is 0 Å². The molecule has 0 spiro atoms. The van der Waals surface area contributed by atoms with Crippen LogP contribution in [-0.2, 0) is 11.2 Å². The molecule has 2 aromatic rings. The van der Waals surface area contributed by atoms with E-state index in [0.717, 1.165) is 17.7 Å². The van der Waals surface area contributed by atoms with Crippen molar-refractivity contribution >= 4 is 11.7 Å². The van der Waals surface area contributed by atoms with E-state index in [9.17, 15) is 4.79 Å². The number of hydrogen-bond donors (Lipinski definition) is 1. The highest BCUT2D eigenvalue weighted by Crippen LogP contribution is 2.18. The molecule has 0 amide bonds. The fraction of sp³-hybridized carbons (Fsp3) is 0.250. The van der Waals surface area contributed by atoms with E-state index in [1.807, 2.05) is 30.3 Å². The van der Waals surface area contributed by atoms with Gasteiger partial charge in [0.1, 0.15) is 0 Å². The van der Waals surface area contributed by atoms with Crippen LogP contribution in [0.1, 0.15) is 29.5 Å². The van der Waals surface area contributed by atoms with E-state index in [2.05, 4.69) is 17.0 Å². The van der Waals surface area contributed by atoms with Crippen molar-refractivity contribution in [3.05, 3.63) is 65.2 Å². The smallest absolute Gasteiger partial charge is 0.303 e. The summed E-state index contributed by atoms with van der Waals surface area (Å²) in [7, 11) is 0. The molecule has 5 nitrogen and oxygen atoms in total. The average Bonchev–Trinajstić information content (AvgIpc) is 2.64. The molecular formula is C20H19N3O2. The minimum absolute atomic E-state index is 0.116. The summed E-state index contributed by atoms with van der Waals surface area (Å²) in [6.07, 6.45) is 1.43. The lowest BCUT2D eigenvalue weighted by atomic mass is 10.1. The van der Waals surface area contributed by atoms with Crippen molar-refractivity contribution in [1.82, 2.24) is 0 Å². The molecule has 5 heteroatoms. The zero-order valence-electron chi connectivity index (χ0n) is 13.9. The lowest BCUT2D eigenvalue weighted by molar-refractivity contribution is -0.137. The number of rotatable bonds is 8. The molecule has 0 aliphatic rings. The predicted molar refractivity (Wildman–Crippen MR) is 95.1 cm³/mol. The molecule has 0 aliphatic carbocycles. The van der Waals surface area contributed by atoms with Gasteiger partial charge in [-0.1, -0.05) is 18.2 Å². The van der Waals surface area contributed by atoms with Gasteiger partial charge in [0.05, 0.1) is 23.3 Å². The number of carbonyl (C=O) groups is 1. The van der Waals surface area contributed by atoms with Crippen molar-refractivity contribution in [3.63, 3.8) is 0 Å². The van der Waals surface area contributed by atoms with E-state index >= 15 is 0 Å². The SMILES string of the molecule is N#Cc1ccc(CCN(CCCC(=O)O)c2cccc(C#N)c2)cc1. The van der Waals surface area contributed by atoms with E-state index in [0.29, 0.717) is 30.6 Å². The Balaban J connectivity index is 2.08. The fourth-order valence-electron chi connectivity index (χ4n) is 2.57. The van der Waals surface area contributed by atoms with Crippen molar-refractivity contribution < 1.29 is 9.90 Å². The van der Waals surface area contributed by atoms with Crippen molar-refractivity contribution in [3.8, 4) is 12.1 Å². The lowest BCUT2D eigenvalue weighted by Gasteiger charge is -2.25. The Morgan fingerprint density at radius 1 is 1.00 bits per heavy atom. The van der Waals surface area contributed by atoms with Crippen LogP contribution < -0.4 is 4.90 Å². The molecule has 0 heterocycles. The molecule has 0 unspecified atom stereocenters. The molecular weight excluding hydrogens is 314 g/mol. The van der Waals surface area contributed by atoms with Crippen LogP contribution in [0.2, 0.25) is 0 Å². The number of hydrogen-bond acceptors (Lipinski definition) is 4. The summed E-state index contributed by atoms with van der Waals surface area (Å²) in [5, 5.41) is 26.8. The second-order valence-electron chi connectivity index (χ2n) is 5.71. The maximum atomic E-state index is 10.8. The Morgan fingerprint density at radius 2 is 1.72 bits per heavy atom. The Labute approximate surface area is 147 Å². The summed E-state index contributed by atoms with van der Waals surface area (Å²) in [5.74, 6) is -0.808. The first kappa shape index (κ1) is 18.0. The van der Waals surface area contributed by atoms with Gasteiger partial charge < -0.3 is 10.0 Å². The number of nitrogens with zero attached hydrogens (tertiary/aromatic N) is 3. The number of carboxylic acid groups (broad SMARTS) is 1. The Morgan fingerprint density at radius 3 is 2.36 bits per heavy atom. The van der Waals surface area contributed by atoms with Crippen LogP contribution in [-0.4, -0.2) is 24.2 Å². The molecule has 2 rings (SSSR count). The van der Waals surface area contributed by atoms with Gasteiger partial charge in [0.2, 0.25) is 0 Å². The van der Waals surface area contributed by atoms with E-state index in [1.165, 1.54) is 0 Å². The summed E-state index contributed by atoms with van der Waals surface area (Å²) < 4.78 is 0. The molecule has 126 valence electrons. The maximum Gasteiger partial charge on any atom is 0.303 e. The molecule has 0 bridgehead atoms. The normalized spacial score (nSPS) is 9.84. The van der Waals surface area contributed by atoms with Crippen LogP contribution in [0.25, 0.3) is 0 Å². The summed E-state index contributed by atoms with van der Waals surface area (Å²) in [6, 6.07) is 19.0. The highest BCUT2D eigenvalue weighted by Gasteiger charge is 2.09. The van der Waals surface area contributed by atoms with Gasteiger partial charge in [-0.25, -0.2) is 0 Å². The van der Waals surface area contributed by atoms with Crippen LogP contribution in [0.5, 0.6) is 0 Å². The Hall–Kier alpha value is -3.31. The minimum Gasteiger partial charge on any atom is -0.481 e. The molecule has 25 heavy (non-hydrogen) atoms. The zero-order chi connectivity index (χ0) is 18.1. The first-order valence-corrected chi connectivity index (χ1v) is 8.08. The van der Waals surface area contributed by atoms with Crippen LogP contribution in [0.15, 0.2) is 48.5 Å². The molecule has 0 saturated heterocycles. The van der Waals surface area contributed by atoms with Gasteiger partial charge in [-0.2, -0.15) is 10.5 Å². The predicted octanol–water partition coefficient (Wildman–Crippen LogP) is 3.34. The summed E-state index contributed by atoms with van der Waals surface area (Å²) in [6.45, 7) is 1.32. The maximum absolute atomic E-state index is 10.8. The second kappa shape index (κ2) is 9.10. The average molecular weight is 333 g/mol. The Bertz CT molecular complexity index is 801. The van der Waals surface area contributed by atoms with Crippen LogP contribution in [0.3, 0.4) is 0 Å². The minimum atomic E-state index is -0.808. The number of nitriles is 2. The third kappa shape index (κ3) is 5.67.